The number of carbonyl (C=O) groups excluding carboxylic acids is 19. The van der Waals surface area contributed by atoms with Gasteiger partial charge in [0.1, 0.15) is 85.2 Å². The molecule has 0 aromatic rings. The van der Waals surface area contributed by atoms with Crippen LogP contribution in [-0.2, 0) is 101 Å². The van der Waals surface area contributed by atoms with Crippen LogP contribution >= 0.6 is 0 Å². The van der Waals surface area contributed by atoms with E-state index in [1.807, 2.05) is 6.92 Å². The SMILES string of the molecule is CCCCCCCCCC(=O)N[C@@H](CC(C)C)C(=O)N[C@H](CCC(=O)O)C(=O)N[C@H](CCC(N)=O)C(=O)N[C@@H](C(=O)N[C@H](CC(C)C)C(=O)N[C@@H](CCC(N)=O)C(=O)N[C@H](COC(=O)C[C@@H](C)CC)C(=O)N[C@@H](C(=O)N[C@H](CC(C)C)C(=O)N[C@@H](CCC(N)=O)C(=O)N[C@@H](CC(C)C)C(=O)N[C@@H](CC(C)C)C(=O)N[C@H](CCC(N)=O)C(N)=O)C(C)C)C(C)C. The van der Waals surface area contributed by atoms with Gasteiger partial charge in [-0.2, -0.15) is 0 Å². The van der Waals surface area contributed by atoms with Crippen LogP contribution in [0, 0.1) is 47.3 Å². The molecule has 706 valence electrons. The van der Waals surface area contributed by atoms with Crippen molar-refractivity contribution >= 4 is 118 Å². The molecule has 0 aliphatic heterocycles. The number of primary amides is 5. The van der Waals surface area contributed by atoms with Crippen LogP contribution in [0.5, 0.6) is 0 Å². The molecular formula is C84H148N18O22. The third kappa shape index (κ3) is 49.0. The van der Waals surface area contributed by atoms with Crippen molar-refractivity contribution in [3.63, 3.8) is 0 Å². The molecule has 0 saturated heterocycles. The van der Waals surface area contributed by atoms with E-state index in [0.717, 1.165) is 38.5 Å². The van der Waals surface area contributed by atoms with Crippen molar-refractivity contribution in [2.45, 2.75) is 357 Å². The number of aliphatic carboxylic acids is 1. The van der Waals surface area contributed by atoms with Crippen molar-refractivity contribution in [2.24, 2.45) is 76.0 Å². The van der Waals surface area contributed by atoms with Gasteiger partial charge in [-0.15, -0.1) is 0 Å². The molecule has 0 radical (unpaired) electrons. The van der Waals surface area contributed by atoms with Crippen molar-refractivity contribution < 1.29 is 106 Å². The fourth-order valence-corrected chi connectivity index (χ4v) is 12.9. The van der Waals surface area contributed by atoms with Crippen molar-refractivity contribution in [3.8, 4) is 0 Å². The average molecular weight is 1760 g/mol. The molecule has 0 aromatic heterocycles. The fraction of sp³-hybridized carbons (Fsp3) is 0.762. The van der Waals surface area contributed by atoms with Crippen molar-refractivity contribution in [2.75, 3.05) is 6.61 Å². The topological polar surface area (TPSA) is 657 Å². The zero-order valence-corrected chi connectivity index (χ0v) is 75.9. The lowest BCUT2D eigenvalue weighted by Crippen LogP contribution is -2.62. The number of amides is 18. The highest BCUT2D eigenvalue weighted by molar-refractivity contribution is 6.01. The molecule has 0 aromatic carbocycles. The van der Waals surface area contributed by atoms with Crippen LogP contribution in [0.15, 0.2) is 0 Å². The Labute approximate surface area is 729 Å². The maximum Gasteiger partial charge on any atom is 0.306 e. The summed E-state index contributed by atoms with van der Waals surface area (Å²) in [6.07, 6.45) is 2.25. The second-order valence-electron chi connectivity index (χ2n) is 35.0. The van der Waals surface area contributed by atoms with E-state index < -0.39 is 273 Å². The number of carbonyl (C=O) groups is 20. The van der Waals surface area contributed by atoms with Gasteiger partial charge in [-0.3, -0.25) is 95.9 Å². The van der Waals surface area contributed by atoms with Crippen LogP contribution in [0.3, 0.4) is 0 Å². The van der Waals surface area contributed by atoms with Crippen molar-refractivity contribution in [1.82, 2.24) is 69.1 Å². The minimum absolute atomic E-state index is 0.0257. The fourth-order valence-electron chi connectivity index (χ4n) is 12.9. The molecule has 0 spiro atoms. The van der Waals surface area contributed by atoms with Gasteiger partial charge in [0.15, 0.2) is 0 Å². The van der Waals surface area contributed by atoms with E-state index in [1.165, 1.54) is 27.7 Å². The van der Waals surface area contributed by atoms with E-state index in [4.69, 9.17) is 33.4 Å². The molecule has 0 fully saturated rings. The lowest BCUT2D eigenvalue weighted by molar-refractivity contribution is -0.148. The summed E-state index contributed by atoms with van der Waals surface area (Å²) in [5.74, 6) is -22.4. The number of carboxylic acid groups (broad SMARTS) is 1. The number of hydrogen-bond donors (Lipinski definition) is 19. The molecule has 0 rings (SSSR count). The first-order chi connectivity index (χ1) is 57.8. The quantitative estimate of drug-likeness (QED) is 0.0289. The Hall–Kier alpha value is -10.6. The van der Waals surface area contributed by atoms with Crippen LogP contribution < -0.4 is 97.8 Å². The van der Waals surface area contributed by atoms with E-state index >= 15 is 0 Å². The molecule has 24 N–H and O–H groups in total. The second kappa shape index (κ2) is 60.1. The molecule has 18 amide bonds. The molecule has 0 saturated carbocycles. The Morgan fingerprint density at radius 1 is 0.282 bits per heavy atom. The highest BCUT2D eigenvalue weighted by atomic mass is 16.5. The lowest BCUT2D eigenvalue weighted by Gasteiger charge is -2.30. The summed E-state index contributed by atoms with van der Waals surface area (Å²) < 4.78 is 5.54. The zero-order chi connectivity index (χ0) is 95.0. The normalized spacial score (nSPS) is 14.8. The third-order valence-corrected chi connectivity index (χ3v) is 20.0. The molecule has 40 nitrogen and oxygen atoms in total. The predicted octanol–water partition coefficient (Wildman–Crippen LogP) is 0.364. The summed E-state index contributed by atoms with van der Waals surface area (Å²) in [6.45, 7) is 28.2. The van der Waals surface area contributed by atoms with Crippen molar-refractivity contribution in [1.29, 1.82) is 0 Å². The Kier molecular flexibility index (Phi) is 54.9. The zero-order valence-electron chi connectivity index (χ0n) is 75.9. The maximum absolute atomic E-state index is 14.8. The molecule has 0 heterocycles. The number of ether oxygens (including phenoxy) is 1. The molecule has 14 atom stereocenters. The second-order valence-corrected chi connectivity index (χ2v) is 35.0. The van der Waals surface area contributed by atoms with E-state index in [0.29, 0.717) is 12.8 Å². The minimum atomic E-state index is -1.90. The Morgan fingerprint density at radius 3 is 0.823 bits per heavy atom. The van der Waals surface area contributed by atoms with Gasteiger partial charge >= 0.3 is 11.9 Å². The first-order valence-corrected chi connectivity index (χ1v) is 43.6. The third-order valence-electron chi connectivity index (χ3n) is 20.0. The molecular weight excluding hydrogens is 1610 g/mol. The number of esters is 1. The van der Waals surface area contributed by atoms with Crippen LogP contribution in [-0.4, -0.2) is 209 Å². The molecule has 124 heavy (non-hydrogen) atoms. The van der Waals surface area contributed by atoms with E-state index in [2.05, 4.69) is 76.0 Å². The van der Waals surface area contributed by atoms with Gasteiger partial charge in [0.25, 0.3) is 0 Å². The van der Waals surface area contributed by atoms with Gasteiger partial charge in [0.2, 0.25) is 106 Å². The molecule has 0 aliphatic carbocycles. The summed E-state index contributed by atoms with van der Waals surface area (Å²) in [5, 5.41) is 43.0. The van der Waals surface area contributed by atoms with Crippen LogP contribution in [0.4, 0.5) is 0 Å². The first-order valence-electron chi connectivity index (χ1n) is 43.6. The van der Waals surface area contributed by atoms with Crippen LogP contribution in [0.2, 0.25) is 0 Å². The summed E-state index contributed by atoms with van der Waals surface area (Å²) in [5.41, 5.74) is 27.4. The van der Waals surface area contributed by atoms with Crippen LogP contribution in [0.1, 0.15) is 278 Å². The summed E-state index contributed by atoms with van der Waals surface area (Å²) in [6, 6.07) is -20.0. The Bertz CT molecular complexity index is 3540. The van der Waals surface area contributed by atoms with E-state index in [1.54, 1.807) is 76.2 Å². The summed E-state index contributed by atoms with van der Waals surface area (Å²) in [4.78, 5) is 272. The van der Waals surface area contributed by atoms with Gasteiger partial charge in [0.05, 0.1) is 0 Å². The molecule has 0 bridgehead atoms. The number of nitrogens with two attached hydrogens (primary N) is 5. The first kappa shape index (κ1) is 113. The largest absolute Gasteiger partial charge is 0.481 e. The minimum Gasteiger partial charge on any atom is -0.481 e. The van der Waals surface area contributed by atoms with Gasteiger partial charge in [-0.1, -0.05) is 163 Å². The van der Waals surface area contributed by atoms with Gasteiger partial charge in [-0.05, 0) is 118 Å². The molecule has 0 unspecified atom stereocenters. The number of nitrogens with one attached hydrogen (secondary N) is 13. The highest BCUT2D eigenvalue weighted by Gasteiger charge is 2.40. The maximum atomic E-state index is 14.8. The Balaban J connectivity index is 7.49. The number of carboxylic acids is 1. The number of unbranched alkanes of at least 4 members (excludes halogenated alkanes) is 6. The summed E-state index contributed by atoms with van der Waals surface area (Å²) in [7, 11) is 0. The Morgan fingerprint density at radius 2 is 0.532 bits per heavy atom. The van der Waals surface area contributed by atoms with Gasteiger partial charge in [-0.25, -0.2) is 0 Å². The number of hydrogen-bond acceptors (Lipinski definition) is 21. The monoisotopic (exact) mass is 1760 g/mol. The van der Waals surface area contributed by atoms with E-state index in [-0.39, 0.29) is 87.4 Å². The highest BCUT2D eigenvalue weighted by Crippen LogP contribution is 2.19. The van der Waals surface area contributed by atoms with Crippen LogP contribution in [0.25, 0.3) is 0 Å². The van der Waals surface area contributed by atoms with Gasteiger partial charge < -0.3 is 108 Å². The van der Waals surface area contributed by atoms with Crippen molar-refractivity contribution in [3.05, 3.63) is 0 Å². The molecule has 40 heteroatoms. The molecule has 0 aliphatic rings. The van der Waals surface area contributed by atoms with E-state index in [9.17, 15) is 101 Å². The lowest BCUT2D eigenvalue weighted by atomic mass is 9.98. The summed E-state index contributed by atoms with van der Waals surface area (Å²) >= 11 is 0. The average Bonchev–Trinajstić information content (AvgIpc) is 0.814. The number of rotatable bonds is 66. The standard InChI is InChI=1S/C84H148N18O22/c1-18-20-21-22-23-24-25-26-67(107)90-57(37-44(3)4)77(116)95-56(31-36-68(108)109)73(112)92-55(30-35-66(88)106)76(115)101-70(49(13)14)83(122)98-61(41-48(11)12)80(119)94-54(29-34-65(87)105)75(114)100-62(43-124-69(110)42-51(17)19-2)82(121)102-71(50(15)16)84(123)99-60(40-47(9)10)79(118)93-53(28-33-64(86)104)74(113)96-59(39-46(7)8)81(120)97-58(38-45(5)6)78(117)91-52(72(89)111)27-32-63(85)103/h44-62,70-71H,18-43H2,1-17H3,(H2,85,103)(H2,86,104)(H2,87,105)(H2,88,106)(H2,89,111)(H,90,107)(H,91,117)(H,92,112)(H,93,118)(H,94,119)(H,95,116)(H,96,113)(H,97,120)(H,98,122)(H,99,123)(H,100,114)(H,101,115)(H,102,121)(H,108,109)/t51-,52+,53-,54-,55+,56+,57-,58-,59-,60+,61+,62+,70+,71+/m0/s1. The smallest absolute Gasteiger partial charge is 0.306 e. The predicted molar refractivity (Wildman–Crippen MR) is 459 cm³/mol. The van der Waals surface area contributed by atoms with Gasteiger partial charge in [0, 0.05) is 44.9 Å².